The van der Waals surface area contributed by atoms with Gasteiger partial charge in [-0.25, -0.2) is 4.98 Å². The molecule has 0 N–H and O–H groups in total. The lowest BCUT2D eigenvalue weighted by molar-refractivity contribution is 0.619. The molecular formula is C55H34N2O3. The number of para-hydroxylation sites is 3. The van der Waals surface area contributed by atoms with Gasteiger partial charge in [-0.15, -0.1) is 0 Å². The number of anilines is 3. The Hall–Kier alpha value is -8.15. The van der Waals surface area contributed by atoms with E-state index < -0.39 is 0 Å². The summed E-state index contributed by atoms with van der Waals surface area (Å²) < 4.78 is 19.1. The SMILES string of the molecule is c1ccc(-c2nc3c(ccc4oc5cc(-c6ccc(N(c7ccc(-c8cccc9c8oc8ccccc89)cc7)c7ccccc7-c7ccccc7)cc6)ccc5c43)o2)cc1. The van der Waals surface area contributed by atoms with Gasteiger partial charge in [-0.1, -0.05) is 133 Å². The molecule has 282 valence electrons. The molecular weight excluding hydrogens is 737 g/mol. The molecule has 0 spiro atoms. The van der Waals surface area contributed by atoms with Crippen LogP contribution in [-0.4, -0.2) is 4.98 Å². The second kappa shape index (κ2) is 13.8. The van der Waals surface area contributed by atoms with Gasteiger partial charge in [0.15, 0.2) is 5.58 Å². The van der Waals surface area contributed by atoms with E-state index in [9.17, 15) is 0 Å². The van der Waals surface area contributed by atoms with Crippen molar-refractivity contribution in [3.63, 3.8) is 0 Å². The Balaban J connectivity index is 0.933. The van der Waals surface area contributed by atoms with Crippen molar-refractivity contribution in [1.82, 2.24) is 4.98 Å². The van der Waals surface area contributed by atoms with Crippen LogP contribution in [0.25, 0.3) is 99.8 Å². The molecule has 0 radical (unpaired) electrons. The maximum atomic E-state index is 6.46. The highest BCUT2D eigenvalue weighted by atomic mass is 16.4. The number of hydrogen-bond donors (Lipinski definition) is 0. The summed E-state index contributed by atoms with van der Waals surface area (Å²) in [5.41, 5.74) is 15.7. The van der Waals surface area contributed by atoms with Crippen LogP contribution in [0.5, 0.6) is 0 Å². The first-order valence-corrected chi connectivity index (χ1v) is 20.1. The zero-order chi connectivity index (χ0) is 39.6. The minimum Gasteiger partial charge on any atom is -0.456 e. The largest absolute Gasteiger partial charge is 0.456 e. The number of benzene rings is 9. The average molecular weight is 771 g/mol. The van der Waals surface area contributed by atoms with E-state index in [0.717, 1.165) is 111 Å². The zero-order valence-electron chi connectivity index (χ0n) is 32.2. The van der Waals surface area contributed by atoms with Crippen LogP contribution in [0.2, 0.25) is 0 Å². The highest BCUT2D eigenvalue weighted by molar-refractivity contribution is 6.17. The van der Waals surface area contributed by atoms with Crippen LogP contribution in [0.1, 0.15) is 0 Å². The Bertz CT molecular complexity index is 3530. The smallest absolute Gasteiger partial charge is 0.227 e. The topological polar surface area (TPSA) is 55.6 Å². The Labute approximate surface area is 345 Å². The molecule has 12 aromatic rings. The molecule has 0 bridgehead atoms. The fourth-order valence-corrected chi connectivity index (χ4v) is 8.66. The fraction of sp³-hybridized carbons (Fsp3) is 0. The van der Waals surface area contributed by atoms with Crippen LogP contribution in [0.15, 0.2) is 220 Å². The molecule has 5 nitrogen and oxygen atoms in total. The van der Waals surface area contributed by atoms with Crippen molar-refractivity contribution in [2.75, 3.05) is 4.90 Å². The van der Waals surface area contributed by atoms with Crippen molar-refractivity contribution in [1.29, 1.82) is 0 Å². The van der Waals surface area contributed by atoms with Gasteiger partial charge in [0, 0.05) is 44.2 Å². The first-order valence-electron chi connectivity index (χ1n) is 20.1. The molecule has 3 heterocycles. The van der Waals surface area contributed by atoms with Crippen molar-refractivity contribution in [3.8, 4) is 44.8 Å². The lowest BCUT2D eigenvalue weighted by atomic mass is 9.99. The van der Waals surface area contributed by atoms with Crippen LogP contribution < -0.4 is 4.90 Å². The minimum atomic E-state index is 0.598. The van der Waals surface area contributed by atoms with Crippen LogP contribution in [0.4, 0.5) is 17.1 Å². The summed E-state index contributed by atoms with van der Waals surface area (Å²) in [7, 11) is 0. The summed E-state index contributed by atoms with van der Waals surface area (Å²) in [6.07, 6.45) is 0. The third-order valence-electron chi connectivity index (χ3n) is 11.5. The molecule has 0 saturated heterocycles. The van der Waals surface area contributed by atoms with E-state index in [1.165, 1.54) is 0 Å². The standard InChI is InChI=1S/C55H34N2O3/c1-3-12-36(13-4-1)42-16-7-9-20-47(42)57(41-29-24-37(25-30-41)43-18-11-19-45-44-17-8-10-21-48(44)59-54(43)45)40-27-22-35(23-28-40)39-26-31-46-51(34-39)58-49-32-33-50-53(52(46)49)56-55(60-50)38-14-5-2-6-15-38/h1-34H. The molecule has 3 aromatic heterocycles. The molecule has 0 amide bonds. The predicted molar refractivity (Wildman–Crippen MR) is 245 cm³/mol. The first kappa shape index (κ1) is 33.9. The van der Waals surface area contributed by atoms with E-state index in [1.54, 1.807) is 0 Å². The molecule has 12 rings (SSSR count). The highest BCUT2D eigenvalue weighted by Gasteiger charge is 2.20. The summed E-state index contributed by atoms with van der Waals surface area (Å²) in [5, 5.41) is 4.21. The molecule has 60 heavy (non-hydrogen) atoms. The molecule has 0 aliphatic rings. The second-order valence-corrected chi connectivity index (χ2v) is 15.1. The average Bonchev–Trinajstić information content (AvgIpc) is 4.04. The Morgan fingerprint density at radius 3 is 1.77 bits per heavy atom. The number of rotatable bonds is 7. The zero-order valence-corrected chi connectivity index (χ0v) is 32.2. The van der Waals surface area contributed by atoms with Gasteiger partial charge in [0.25, 0.3) is 0 Å². The molecule has 0 saturated carbocycles. The van der Waals surface area contributed by atoms with Crippen molar-refractivity contribution in [3.05, 3.63) is 206 Å². The number of oxazole rings is 1. The molecule has 0 fully saturated rings. The van der Waals surface area contributed by atoms with E-state index in [0.29, 0.717) is 5.89 Å². The summed E-state index contributed by atoms with van der Waals surface area (Å²) in [6, 6.07) is 71.7. The normalized spacial score (nSPS) is 11.7. The first-order chi connectivity index (χ1) is 29.7. The summed E-state index contributed by atoms with van der Waals surface area (Å²) in [5.74, 6) is 0.598. The maximum absolute atomic E-state index is 6.46. The Morgan fingerprint density at radius 1 is 0.350 bits per heavy atom. The third-order valence-corrected chi connectivity index (χ3v) is 11.5. The molecule has 0 unspecified atom stereocenters. The van der Waals surface area contributed by atoms with Gasteiger partial charge in [-0.2, -0.15) is 0 Å². The number of aromatic nitrogens is 1. The van der Waals surface area contributed by atoms with Gasteiger partial charge in [0.1, 0.15) is 27.8 Å². The lowest BCUT2D eigenvalue weighted by Gasteiger charge is -2.28. The highest BCUT2D eigenvalue weighted by Crippen LogP contribution is 2.44. The van der Waals surface area contributed by atoms with E-state index >= 15 is 0 Å². The summed E-state index contributed by atoms with van der Waals surface area (Å²) in [4.78, 5) is 7.26. The lowest BCUT2D eigenvalue weighted by Crippen LogP contribution is -2.11. The number of fused-ring (bicyclic) bond motifs is 8. The molecule has 9 aromatic carbocycles. The molecule has 5 heteroatoms. The van der Waals surface area contributed by atoms with Crippen LogP contribution >= 0.6 is 0 Å². The molecule has 0 aliphatic carbocycles. The van der Waals surface area contributed by atoms with E-state index in [2.05, 4.69) is 157 Å². The van der Waals surface area contributed by atoms with Crippen molar-refractivity contribution in [2.24, 2.45) is 0 Å². The van der Waals surface area contributed by atoms with Crippen molar-refractivity contribution in [2.45, 2.75) is 0 Å². The van der Waals surface area contributed by atoms with Crippen molar-refractivity contribution >= 4 is 72.0 Å². The number of nitrogens with zero attached hydrogens (tertiary/aromatic N) is 2. The van der Waals surface area contributed by atoms with Crippen LogP contribution in [-0.2, 0) is 0 Å². The minimum absolute atomic E-state index is 0.598. The van der Waals surface area contributed by atoms with Gasteiger partial charge >= 0.3 is 0 Å². The predicted octanol–water partition coefficient (Wildman–Crippen LogP) is 15.8. The number of hydrogen-bond acceptors (Lipinski definition) is 5. The van der Waals surface area contributed by atoms with Crippen molar-refractivity contribution < 1.29 is 13.3 Å². The third kappa shape index (κ3) is 5.59. The van der Waals surface area contributed by atoms with Gasteiger partial charge in [0.05, 0.1) is 11.1 Å². The van der Waals surface area contributed by atoms with E-state index in [1.807, 2.05) is 54.6 Å². The second-order valence-electron chi connectivity index (χ2n) is 15.1. The fourth-order valence-electron chi connectivity index (χ4n) is 8.66. The van der Waals surface area contributed by atoms with Gasteiger partial charge in [0.2, 0.25) is 5.89 Å². The number of furan rings is 2. The van der Waals surface area contributed by atoms with Crippen LogP contribution in [0, 0.1) is 0 Å². The molecule has 0 aliphatic heterocycles. The summed E-state index contributed by atoms with van der Waals surface area (Å²) in [6.45, 7) is 0. The van der Waals surface area contributed by atoms with Gasteiger partial charge in [-0.05, 0) is 95.1 Å². The van der Waals surface area contributed by atoms with E-state index in [4.69, 9.17) is 18.2 Å². The van der Waals surface area contributed by atoms with Gasteiger partial charge in [-0.3, -0.25) is 0 Å². The monoisotopic (exact) mass is 770 g/mol. The quantitative estimate of drug-likeness (QED) is 0.162. The maximum Gasteiger partial charge on any atom is 0.227 e. The van der Waals surface area contributed by atoms with E-state index in [-0.39, 0.29) is 0 Å². The molecule has 0 atom stereocenters. The van der Waals surface area contributed by atoms with Gasteiger partial charge < -0.3 is 18.2 Å². The summed E-state index contributed by atoms with van der Waals surface area (Å²) >= 11 is 0. The Kier molecular flexibility index (Phi) is 7.78. The Morgan fingerprint density at radius 2 is 0.967 bits per heavy atom. The van der Waals surface area contributed by atoms with Crippen LogP contribution in [0.3, 0.4) is 0 Å².